The van der Waals surface area contributed by atoms with Gasteiger partial charge in [0.15, 0.2) is 5.82 Å². The first kappa shape index (κ1) is 13.6. The van der Waals surface area contributed by atoms with Gasteiger partial charge < -0.3 is 9.63 Å². The number of thioether (sulfide) groups is 1. The molecule has 1 fully saturated rings. The van der Waals surface area contributed by atoms with Crippen LogP contribution in [0.1, 0.15) is 54.3 Å². The first-order chi connectivity index (χ1) is 9.74. The van der Waals surface area contributed by atoms with Crippen LogP contribution in [0.4, 0.5) is 0 Å². The fraction of sp³-hybridized carbons (Fsp3) is 0.467. The predicted molar refractivity (Wildman–Crippen MR) is 78.5 cm³/mol. The number of aliphatic hydroxyl groups is 1. The van der Waals surface area contributed by atoms with E-state index in [1.165, 1.54) is 12.8 Å². The molecule has 1 aromatic carbocycles. The van der Waals surface area contributed by atoms with Gasteiger partial charge in [-0.15, -0.1) is 11.8 Å². The largest absolute Gasteiger partial charge is 0.388 e. The van der Waals surface area contributed by atoms with E-state index in [1.807, 2.05) is 37.3 Å². The van der Waals surface area contributed by atoms with E-state index >= 15 is 0 Å². The summed E-state index contributed by atoms with van der Waals surface area (Å²) in [6.07, 6.45) is 1.88. The maximum Gasteiger partial charge on any atom is 0.239 e. The Hall–Kier alpha value is -1.33. The normalized spacial score (nSPS) is 17.9. The van der Waals surface area contributed by atoms with Crippen LogP contribution >= 0.6 is 11.8 Å². The van der Waals surface area contributed by atoms with Crippen LogP contribution < -0.4 is 0 Å². The summed E-state index contributed by atoms with van der Waals surface area (Å²) in [6, 6.07) is 9.70. The molecule has 106 valence electrons. The maximum absolute atomic E-state index is 10.1. The summed E-state index contributed by atoms with van der Waals surface area (Å²) < 4.78 is 5.30. The molecule has 2 atom stereocenters. The highest BCUT2D eigenvalue weighted by atomic mass is 32.2. The van der Waals surface area contributed by atoms with Crippen molar-refractivity contribution < 1.29 is 9.63 Å². The van der Waals surface area contributed by atoms with Crippen molar-refractivity contribution in [2.75, 3.05) is 5.75 Å². The van der Waals surface area contributed by atoms with Gasteiger partial charge in [0.05, 0.1) is 11.4 Å². The lowest BCUT2D eigenvalue weighted by atomic mass is 10.1. The summed E-state index contributed by atoms with van der Waals surface area (Å²) in [7, 11) is 0. The average molecular weight is 290 g/mol. The van der Waals surface area contributed by atoms with E-state index in [2.05, 4.69) is 10.1 Å². The summed E-state index contributed by atoms with van der Waals surface area (Å²) in [5.74, 6) is 2.64. The number of benzene rings is 1. The number of rotatable bonds is 6. The van der Waals surface area contributed by atoms with E-state index < -0.39 is 6.10 Å². The molecular weight excluding hydrogens is 272 g/mol. The van der Waals surface area contributed by atoms with E-state index in [0.717, 1.165) is 11.4 Å². The summed E-state index contributed by atoms with van der Waals surface area (Å²) >= 11 is 1.63. The topological polar surface area (TPSA) is 59.2 Å². The number of hydrogen-bond donors (Lipinski definition) is 1. The van der Waals surface area contributed by atoms with Gasteiger partial charge in [0, 0.05) is 11.7 Å². The van der Waals surface area contributed by atoms with Crippen molar-refractivity contribution in [3.05, 3.63) is 47.6 Å². The van der Waals surface area contributed by atoms with Crippen molar-refractivity contribution in [1.29, 1.82) is 0 Å². The standard InChI is InChI=1S/C15H18N2O2S/c1-10(15-16-14(17-19-15)12-7-8-12)20-9-13(18)11-5-3-2-4-6-11/h2-6,10,12-13,18H,7-9H2,1H3/t10-,13-/m0/s1. The Kier molecular flexibility index (Phi) is 4.08. The van der Waals surface area contributed by atoms with Crippen molar-refractivity contribution in [2.45, 2.75) is 37.0 Å². The van der Waals surface area contributed by atoms with Gasteiger partial charge in [-0.25, -0.2) is 0 Å². The monoisotopic (exact) mass is 290 g/mol. The molecule has 20 heavy (non-hydrogen) atoms. The van der Waals surface area contributed by atoms with E-state index in [0.29, 0.717) is 17.6 Å². The molecule has 1 aliphatic carbocycles. The van der Waals surface area contributed by atoms with Crippen LogP contribution in [-0.2, 0) is 0 Å². The molecule has 0 spiro atoms. The lowest BCUT2D eigenvalue weighted by Crippen LogP contribution is -2.02. The average Bonchev–Trinajstić information content (AvgIpc) is 3.22. The fourth-order valence-electron chi connectivity index (χ4n) is 2.00. The first-order valence-corrected chi connectivity index (χ1v) is 7.97. The third kappa shape index (κ3) is 3.22. The minimum atomic E-state index is -0.463. The molecule has 1 heterocycles. The van der Waals surface area contributed by atoms with Gasteiger partial charge in [-0.05, 0) is 25.3 Å². The number of aromatic nitrogens is 2. The van der Waals surface area contributed by atoms with Gasteiger partial charge >= 0.3 is 0 Å². The summed E-state index contributed by atoms with van der Waals surface area (Å²) in [6.45, 7) is 2.03. The van der Waals surface area contributed by atoms with Gasteiger partial charge in [0.25, 0.3) is 0 Å². The minimum Gasteiger partial charge on any atom is -0.388 e. The Labute approximate surface area is 122 Å². The Morgan fingerprint density at radius 3 is 2.80 bits per heavy atom. The molecule has 0 amide bonds. The molecule has 1 saturated carbocycles. The smallest absolute Gasteiger partial charge is 0.239 e. The summed E-state index contributed by atoms with van der Waals surface area (Å²) in [5, 5.41) is 14.3. The van der Waals surface area contributed by atoms with Crippen LogP contribution in [0.15, 0.2) is 34.9 Å². The van der Waals surface area contributed by atoms with Crippen molar-refractivity contribution in [1.82, 2.24) is 10.1 Å². The molecule has 0 unspecified atom stereocenters. The van der Waals surface area contributed by atoms with E-state index in [9.17, 15) is 5.11 Å². The summed E-state index contributed by atoms with van der Waals surface area (Å²) in [5.41, 5.74) is 0.941. The van der Waals surface area contributed by atoms with E-state index in [4.69, 9.17) is 4.52 Å². The molecule has 1 aromatic heterocycles. The third-order valence-electron chi connectivity index (χ3n) is 3.44. The quantitative estimate of drug-likeness (QED) is 0.882. The molecule has 0 aliphatic heterocycles. The molecule has 3 rings (SSSR count). The highest BCUT2D eigenvalue weighted by molar-refractivity contribution is 7.99. The first-order valence-electron chi connectivity index (χ1n) is 6.92. The predicted octanol–water partition coefficient (Wildman–Crippen LogP) is 3.47. The fourth-order valence-corrected chi connectivity index (χ4v) is 2.90. The van der Waals surface area contributed by atoms with Gasteiger partial charge in [-0.2, -0.15) is 4.98 Å². The molecule has 4 nitrogen and oxygen atoms in total. The second-order valence-corrected chi connectivity index (χ2v) is 6.54. The van der Waals surface area contributed by atoms with Crippen LogP contribution in [0.2, 0.25) is 0 Å². The number of hydrogen-bond acceptors (Lipinski definition) is 5. The van der Waals surface area contributed by atoms with E-state index in [-0.39, 0.29) is 5.25 Å². The molecule has 0 bridgehead atoms. The van der Waals surface area contributed by atoms with Crippen LogP contribution in [0.5, 0.6) is 0 Å². The molecule has 1 N–H and O–H groups in total. The molecular formula is C15H18N2O2S. The second-order valence-electron chi connectivity index (χ2n) is 5.17. The van der Waals surface area contributed by atoms with Gasteiger partial charge in [0.1, 0.15) is 0 Å². The molecule has 5 heteroatoms. The van der Waals surface area contributed by atoms with Gasteiger partial charge in [-0.1, -0.05) is 35.5 Å². The zero-order valence-electron chi connectivity index (χ0n) is 11.4. The van der Waals surface area contributed by atoms with Crippen LogP contribution in [0.3, 0.4) is 0 Å². The third-order valence-corrected chi connectivity index (χ3v) is 4.65. The van der Waals surface area contributed by atoms with Gasteiger partial charge in [0.2, 0.25) is 5.89 Å². The molecule has 0 radical (unpaired) electrons. The summed E-state index contributed by atoms with van der Waals surface area (Å²) in [4.78, 5) is 4.44. The van der Waals surface area contributed by atoms with Gasteiger partial charge in [-0.3, -0.25) is 0 Å². The highest BCUT2D eigenvalue weighted by Crippen LogP contribution is 2.39. The Morgan fingerprint density at radius 1 is 1.35 bits per heavy atom. The van der Waals surface area contributed by atoms with Crippen molar-refractivity contribution in [3.63, 3.8) is 0 Å². The Morgan fingerprint density at radius 2 is 2.10 bits per heavy atom. The Bertz CT molecular complexity index is 554. The minimum absolute atomic E-state index is 0.105. The van der Waals surface area contributed by atoms with Crippen molar-refractivity contribution in [2.24, 2.45) is 0 Å². The second kappa shape index (κ2) is 5.97. The number of nitrogens with zero attached hydrogens (tertiary/aromatic N) is 2. The molecule has 1 aliphatic rings. The van der Waals surface area contributed by atoms with Crippen molar-refractivity contribution in [3.8, 4) is 0 Å². The molecule has 0 saturated heterocycles. The van der Waals surface area contributed by atoms with Crippen molar-refractivity contribution >= 4 is 11.8 Å². The highest BCUT2D eigenvalue weighted by Gasteiger charge is 2.29. The Balaban J connectivity index is 1.54. The van der Waals surface area contributed by atoms with Crippen LogP contribution in [-0.4, -0.2) is 21.0 Å². The number of aliphatic hydroxyl groups excluding tert-OH is 1. The zero-order valence-corrected chi connectivity index (χ0v) is 12.2. The van der Waals surface area contributed by atoms with Crippen LogP contribution in [0, 0.1) is 0 Å². The maximum atomic E-state index is 10.1. The van der Waals surface area contributed by atoms with E-state index in [1.54, 1.807) is 11.8 Å². The SMILES string of the molecule is C[C@H](SC[C@H](O)c1ccccc1)c1nc(C2CC2)no1. The zero-order chi connectivity index (χ0) is 13.9. The lowest BCUT2D eigenvalue weighted by Gasteiger charge is -2.12. The molecule has 2 aromatic rings. The lowest BCUT2D eigenvalue weighted by molar-refractivity contribution is 0.204. The van der Waals surface area contributed by atoms with Crippen LogP contribution in [0.25, 0.3) is 0 Å².